The highest BCUT2D eigenvalue weighted by atomic mass is 16.3. The second-order valence-corrected chi connectivity index (χ2v) is 12.4. The number of para-hydroxylation sites is 1. The molecule has 7 rings (SSSR count). The molecular weight excluding hydrogens is 500 g/mol. The number of fused-ring (bicyclic) bond motifs is 1. The fraction of sp³-hybridized carbons (Fsp3) is 0.484. The molecular formula is C31H40N8O. The molecule has 4 aliphatic rings. The Balaban J connectivity index is 1.04. The van der Waals surface area contributed by atoms with E-state index in [0.717, 1.165) is 60.2 Å². The standard InChI is InChI=1S/C31H40N8O/c1-19-29-23(12-24(32)22-4-2-3-5-27(22)40)30(33)37-25(29)8-11-39(19)28-16-35-26(15-36-28)20-6-9-38(10-7-20)21-13-31(14-21)17-34-18-31/h2-5,12,15-16,19-21,34,37,40H,6-11,13-14,17-18,32-33H2,1H3/b24-12-. The third kappa shape index (κ3) is 4.32. The first-order chi connectivity index (χ1) is 19.4. The molecule has 3 aliphatic heterocycles. The van der Waals surface area contributed by atoms with Gasteiger partial charge in [-0.25, -0.2) is 4.98 Å². The molecule has 0 radical (unpaired) electrons. The van der Waals surface area contributed by atoms with Gasteiger partial charge in [0.05, 0.1) is 24.1 Å². The summed E-state index contributed by atoms with van der Waals surface area (Å²) in [7, 11) is 0. The van der Waals surface area contributed by atoms with Crippen molar-refractivity contribution in [1.82, 2.24) is 25.2 Å². The van der Waals surface area contributed by atoms with Crippen LogP contribution in [0.2, 0.25) is 0 Å². The number of H-pyrrole nitrogens is 1. The highest BCUT2D eigenvalue weighted by Crippen LogP contribution is 2.47. The molecule has 2 saturated heterocycles. The molecule has 5 heterocycles. The number of nitrogens with one attached hydrogen (secondary N) is 2. The largest absolute Gasteiger partial charge is 0.507 e. The quantitative estimate of drug-likeness (QED) is 0.332. The summed E-state index contributed by atoms with van der Waals surface area (Å²) in [6.45, 7) is 7.79. The highest BCUT2D eigenvalue weighted by molar-refractivity contribution is 5.86. The van der Waals surface area contributed by atoms with Crippen LogP contribution in [0.1, 0.15) is 72.6 Å². The van der Waals surface area contributed by atoms with Crippen molar-refractivity contribution >= 4 is 23.4 Å². The highest BCUT2D eigenvalue weighted by Gasteiger charge is 2.50. The number of nitrogen functional groups attached to an aromatic ring is 1. The van der Waals surface area contributed by atoms with Crippen molar-refractivity contribution in [2.24, 2.45) is 11.1 Å². The number of hydrogen-bond donors (Lipinski definition) is 5. The average Bonchev–Trinajstić information content (AvgIpc) is 3.23. The number of benzene rings is 1. The number of phenols is 1. The van der Waals surface area contributed by atoms with E-state index < -0.39 is 0 Å². The van der Waals surface area contributed by atoms with Crippen LogP contribution in [-0.4, -0.2) is 63.7 Å². The summed E-state index contributed by atoms with van der Waals surface area (Å²) in [4.78, 5) is 18.2. The van der Waals surface area contributed by atoms with Gasteiger partial charge in [-0.1, -0.05) is 12.1 Å². The summed E-state index contributed by atoms with van der Waals surface area (Å²) >= 11 is 0. The fourth-order valence-corrected chi connectivity index (χ4v) is 7.50. The SMILES string of the molecule is CC1c2c([nH]c(N)c2/C=C(\N)c2ccccc2O)CCN1c1cnc(C2CCN(C3CC4(CNC4)C3)CC2)cn1. The molecule has 40 heavy (non-hydrogen) atoms. The Morgan fingerprint density at radius 2 is 1.88 bits per heavy atom. The molecule has 1 atom stereocenters. The van der Waals surface area contributed by atoms with Gasteiger partial charge < -0.3 is 36.7 Å². The fourth-order valence-electron chi connectivity index (χ4n) is 7.50. The number of aromatic hydroxyl groups is 1. The molecule has 0 amide bonds. The Morgan fingerprint density at radius 3 is 2.55 bits per heavy atom. The lowest BCUT2D eigenvalue weighted by Crippen LogP contribution is -2.65. The lowest BCUT2D eigenvalue weighted by Gasteiger charge is -2.58. The number of phenolic OH excluding ortho intramolecular Hbond substituents is 1. The number of piperidine rings is 1. The zero-order valence-electron chi connectivity index (χ0n) is 23.2. The molecule has 3 aromatic rings. The molecule has 1 aromatic carbocycles. The number of rotatable bonds is 5. The Kier molecular flexibility index (Phi) is 6.24. The second-order valence-electron chi connectivity index (χ2n) is 12.4. The van der Waals surface area contributed by atoms with Crippen molar-refractivity contribution in [3.8, 4) is 5.75 Å². The van der Waals surface area contributed by atoms with Crippen molar-refractivity contribution in [2.75, 3.05) is 43.4 Å². The Labute approximate surface area is 235 Å². The van der Waals surface area contributed by atoms with Gasteiger partial charge in [-0.2, -0.15) is 0 Å². The third-order valence-electron chi connectivity index (χ3n) is 9.95. The number of aromatic nitrogens is 3. The summed E-state index contributed by atoms with van der Waals surface area (Å²) in [6.07, 6.45) is 11.7. The third-order valence-corrected chi connectivity index (χ3v) is 9.95. The maximum atomic E-state index is 10.3. The lowest BCUT2D eigenvalue weighted by atomic mass is 9.61. The van der Waals surface area contributed by atoms with Crippen molar-refractivity contribution in [3.05, 3.63) is 64.7 Å². The number of nitrogens with two attached hydrogens (primary N) is 2. The van der Waals surface area contributed by atoms with E-state index in [-0.39, 0.29) is 11.8 Å². The minimum atomic E-state index is 0.0424. The van der Waals surface area contributed by atoms with Crippen LogP contribution in [0.5, 0.6) is 5.75 Å². The molecule has 3 fully saturated rings. The van der Waals surface area contributed by atoms with Gasteiger partial charge in [-0.3, -0.25) is 4.98 Å². The van der Waals surface area contributed by atoms with Crippen LogP contribution < -0.4 is 21.7 Å². The average molecular weight is 541 g/mol. The normalized spacial score (nSPS) is 23.6. The minimum Gasteiger partial charge on any atom is -0.507 e. The van der Waals surface area contributed by atoms with E-state index in [1.807, 2.05) is 30.6 Å². The summed E-state index contributed by atoms with van der Waals surface area (Å²) in [5.41, 5.74) is 18.8. The van der Waals surface area contributed by atoms with Crippen LogP contribution in [-0.2, 0) is 6.42 Å². The topological polar surface area (TPSA) is 132 Å². The summed E-state index contributed by atoms with van der Waals surface area (Å²) < 4.78 is 0. The van der Waals surface area contributed by atoms with Crippen LogP contribution in [0.3, 0.4) is 0 Å². The molecule has 0 bridgehead atoms. The molecule has 7 N–H and O–H groups in total. The molecule has 1 spiro atoms. The van der Waals surface area contributed by atoms with Crippen LogP contribution in [0, 0.1) is 5.41 Å². The van der Waals surface area contributed by atoms with E-state index >= 15 is 0 Å². The van der Waals surface area contributed by atoms with Crippen molar-refractivity contribution in [2.45, 2.75) is 57.0 Å². The van der Waals surface area contributed by atoms with E-state index in [9.17, 15) is 5.11 Å². The van der Waals surface area contributed by atoms with Gasteiger partial charge in [0.15, 0.2) is 0 Å². The smallest absolute Gasteiger partial charge is 0.147 e. The van der Waals surface area contributed by atoms with Crippen molar-refractivity contribution in [1.29, 1.82) is 0 Å². The van der Waals surface area contributed by atoms with Crippen molar-refractivity contribution in [3.63, 3.8) is 0 Å². The summed E-state index contributed by atoms with van der Waals surface area (Å²) in [5, 5.41) is 13.7. The molecule has 210 valence electrons. The molecule has 9 nitrogen and oxygen atoms in total. The number of nitrogens with zero attached hydrogens (tertiary/aromatic N) is 4. The van der Waals surface area contributed by atoms with Crippen LogP contribution in [0.4, 0.5) is 11.6 Å². The van der Waals surface area contributed by atoms with Crippen molar-refractivity contribution < 1.29 is 5.11 Å². The number of aromatic amines is 1. The van der Waals surface area contributed by atoms with Gasteiger partial charge in [0, 0.05) is 66.1 Å². The van der Waals surface area contributed by atoms with Crippen LogP contribution in [0.25, 0.3) is 11.8 Å². The zero-order chi connectivity index (χ0) is 27.4. The molecule has 2 aromatic heterocycles. The molecule has 1 unspecified atom stereocenters. The zero-order valence-corrected chi connectivity index (χ0v) is 23.2. The predicted molar refractivity (Wildman–Crippen MR) is 159 cm³/mol. The lowest BCUT2D eigenvalue weighted by molar-refractivity contribution is -0.0433. The predicted octanol–water partition coefficient (Wildman–Crippen LogP) is 3.60. The van der Waals surface area contributed by atoms with Crippen LogP contribution in [0.15, 0.2) is 36.7 Å². The van der Waals surface area contributed by atoms with Gasteiger partial charge in [0.25, 0.3) is 0 Å². The first-order valence-corrected chi connectivity index (χ1v) is 14.7. The van der Waals surface area contributed by atoms with E-state index in [1.54, 1.807) is 12.1 Å². The summed E-state index contributed by atoms with van der Waals surface area (Å²) in [6, 6.07) is 7.92. The first kappa shape index (κ1) is 25.4. The van der Waals surface area contributed by atoms with Gasteiger partial charge in [0.2, 0.25) is 0 Å². The Bertz CT molecular complexity index is 1410. The number of hydrogen-bond acceptors (Lipinski definition) is 8. The van der Waals surface area contributed by atoms with Gasteiger partial charge in [-0.05, 0) is 69.3 Å². The van der Waals surface area contributed by atoms with E-state index in [0.29, 0.717) is 28.4 Å². The number of anilines is 2. The number of likely N-dealkylation sites (tertiary alicyclic amines) is 1. The van der Waals surface area contributed by atoms with E-state index in [4.69, 9.17) is 21.4 Å². The maximum absolute atomic E-state index is 10.3. The van der Waals surface area contributed by atoms with Crippen LogP contribution >= 0.6 is 0 Å². The second kappa shape index (κ2) is 9.82. The van der Waals surface area contributed by atoms with Gasteiger partial charge in [-0.15, -0.1) is 0 Å². The van der Waals surface area contributed by atoms with Gasteiger partial charge >= 0.3 is 0 Å². The van der Waals surface area contributed by atoms with E-state index in [1.165, 1.54) is 39.0 Å². The summed E-state index contributed by atoms with van der Waals surface area (Å²) in [5.74, 6) is 2.11. The molecule has 1 saturated carbocycles. The van der Waals surface area contributed by atoms with E-state index in [2.05, 4.69) is 27.0 Å². The minimum absolute atomic E-state index is 0.0424. The first-order valence-electron chi connectivity index (χ1n) is 14.7. The monoisotopic (exact) mass is 540 g/mol. The molecule has 9 heteroatoms. The van der Waals surface area contributed by atoms with Gasteiger partial charge in [0.1, 0.15) is 17.4 Å². The molecule has 1 aliphatic carbocycles. The maximum Gasteiger partial charge on any atom is 0.147 e. The Morgan fingerprint density at radius 1 is 1.10 bits per heavy atom. The Hall–Kier alpha value is -3.56.